The number of nitrogens with one attached hydrogen (secondary N) is 1. The van der Waals surface area contributed by atoms with Crippen molar-refractivity contribution in [2.75, 3.05) is 7.05 Å². The van der Waals surface area contributed by atoms with E-state index in [1.54, 1.807) is 0 Å². The van der Waals surface area contributed by atoms with Gasteiger partial charge in [0.15, 0.2) is 0 Å². The van der Waals surface area contributed by atoms with E-state index in [9.17, 15) is 0 Å². The molecule has 0 radical (unpaired) electrons. The number of likely N-dealkylation sites (N-methyl/N-ethyl adjacent to an activating group) is 1. The summed E-state index contributed by atoms with van der Waals surface area (Å²) in [6.07, 6.45) is 12.1. The summed E-state index contributed by atoms with van der Waals surface area (Å²) in [7, 11) is 4.01. The van der Waals surface area contributed by atoms with Gasteiger partial charge in [-0.25, -0.2) is 4.98 Å². The summed E-state index contributed by atoms with van der Waals surface area (Å²) in [5.74, 6) is 1.06. The Morgan fingerprint density at radius 3 is 2.80 bits per heavy atom. The number of imidazole rings is 1. The van der Waals surface area contributed by atoms with Gasteiger partial charge in [0.1, 0.15) is 5.82 Å². The monoisotopic (exact) mass is 273 g/mol. The molecule has 1 atom stereocenters. The fourth-order valence-electron chi connectivity index (χ4n) is 3.10. The average molecular weight is 273 g/mol. The van der Waals surface area contributed by atoms with Crippen molar-refractivity contribution in [3.8, 4) is 0 Å². The average Bonchev–Trinajstić information content (AvgIpc) is 3.17. The Kier molecular flexibility index (Phi) is 3.87. The van der Waals surface area contributed by atoms with Crippen LogP contribution >= 0.6 is 0 Å². The van der Waals surface area contributed by atoms with Gasteiger partial charge in [-0.05, 0) is 26.0 Å². The predicted octanol–water partition coefficient (Wildman–Crippen LogP) is 2.23. The maximum absolute atomic E-state index is 4.76. The van der Waals surface area contributed by atoms with E-state index in [4.69, 9.17) is 5.10 Å². The largest absolute Gasteiger partial charge is 0.337 e. The first kappa shape index (κ1) is 13.4. The number of nitrogens with zero attached hydrogens (tertiary/aromatic N) is 4. The van der Waals surface area contributed by atoms with Crippen LogP contribution in [0.25, 0.3) is 0 Å². The molecule has 1 fully saturated rings. The van der Waals surface area contributed by atoms with E-state index in [1.807, 2.05) is 26.5 Å². The highest BCUT2D eigenvalue weighted by molar-refractivity contribution is 5.08. The molecule has 2 heterocycles. The SMILES string of the molecule is CNC(Cc1ccn(C2CCCC2)n1)c1nccn1C. The molecule has 0 amide bonds. The molecule has 1 aliphatic carbocycles. The van der Waals surface area contributed by atoms with Gasteiger partial charge in [-0.1, -0.05) is 12.8 Å². The van der Waals surface area contributed by atoms with Crippen LogP contribution in [0.3, 0.4) is 0 Å². The first-order valence-corrected chi connectivity index (χ1v) is 7.46. The molecule has 2 aromatic rings. The van der Waals surface area contributed by atoms with E-state index in [-0.39, 0.29) is 6.04 Å². The molecule has 5 heteroatoms. The Bertz CT molecular complexity index is 550. The van der Waals surface area contributed by atoms with Gasteiger partial charge in [-0.15, -0.1) is 0 Å². The van der Waals surface area contributed by atoms with Crippen LogP contribution in [0.5, 0.6) is 0 Å². The molecule has 1 aliphatic rings. The van der Waals surface area contributed by atoms with Crippen LogP contribution in [0, 0.1) is 0 Å². The molecule has 0 saturated heterocycles. The first-order chi connectivity index (χ1) is 9.78. The van der Waals surface area contributed by atoms with Crippen molar-refractivity contribution in [2.24, 2.45) is 7.05 Å². The van der Waals surface area contributed by atoms with Gasteiger partial charge in [0, 0.05) is 32.1 Å². The minimum atomic E-state index is 0.210. The Balaban J connectivity index is 1.71. The van der Waals surface area contributed by atoms with Gasteiger partial charge in [0.2, 0.25) is 0 Å². The highest BCUT2D eigenvalue weighted by Crippen LogP contribution is 2.29. The van der Waals surface area contributed by atoms with Crippen LogP contribution in [0.1, 0.15) is 49.3 Å². The van der Waals surface area contributed by atoms with Gasteiger partial charge in [-0.2, -0.15) is 5.10 Å². The highest BCUT2D eigenvalue weighted by Gasteiger charge is 2.19. The van der Waals surface area contributed by atoms with Crippen LogP contribution in [0.4, 0.5) is 0 Å². The van der Waals surface area contributed by atoms with E-state index in [1.165, 1.54) is 25.7 Å². The molecule has 1 N–H and O–H groups in total. The molecule has 3 rings (SSSR count). The van der Waals surface area contributed by atoms with Crippen molar-refractivity contribution in [2.45, 2.75) is 44.2 Å². The first-order valence-electron chi connectivity index (χ1n) is 7.46. The predicted molar refractivity (Wildman–Crippen MR) is 78.4 cm³/mol. The lowest BCUT2D eigenvalue weighted by atomic mass is 10.1. The van der Waals surface area contributed by atoms with Crippen LogP contribution < -0.4 is 5.32 Å². The summed E-state index contributed by atoms with van der Waals surface area (Å²) in [6.45, 7) is 0. The number of rotatable bonds is 5. The molecule has 108 valence electrons. The third kappa shape index (κ3) is 2.63. The van der Waals surface area contributed by atoms with Crippen LogP contribution in [-0.2, 0) is 13.5 Å². The van der Waals surface area contributed by atoms with Crippen molar-refractivity contribution in [3.63, 3.8) is 0 Å². The molecule has 1 saturated carbocycles. The van der Waals surface area contributed by atoms with Crippen LogP contribution in [-0.4, -0.2) is 26.4 Å². The van der Waals surface area contributed by atoms with Gasteiger partial charge in [0.05, 0.1) is 17.8 Å². The molecule has 20 heavy (non-hydrogen) atoms. The maximum atomic E-state index is 4.76. The summed E-state index contributed by atoms with van der Waals surface area (Å²) >= 11 is 0. The maximum Gasteiger partial charge on any atom is 0.125 e. The van der Waals surface area contributed by atoms with E-state index in [0.717, 1.165) is 17.9 Å². The Morgan fingerprint density at radius 1 is 1.35 bits per heavy atom. The minimum absolute atomic E-state index is 0.210. The molecule has 0 aromatic carbocycles. The zero-order valence-corrected chi connectivity index (χ0v) is 12.3. The van der Waals surface area contributed by atoms with Crippen molar-refractivity contribution >= 4 is 0 Å². The van der Waals surface area contributed by atoms with Crippen molar-refractivity contribution < 1.29 is 0 Å². The summed E-state index contributed by atoms with van der Waals surface area (Å²) in [5, 5.41) is 8.10. The second kappa shape index (κ2) is 5.79. The fourth-order valence-corrected chi connectivity index (χ4v) is 3.10. The van der Waals surface area contributed by atoms with E-state index in [2.05, 4.69) is 31.8 Å². The molecular formula is C15H23N5. The van der Waals surface area contributed by atoms with Gasteiger partial charge >= 0.3 is 0 Å². The van der Waals surface area contributed by atoms with Gasteiger partial charge in [-0.3, -0.25) is 4.68 Å². The van der Waals surface area contributed by atoms with E-state index in [0.29, 0.717) is 6.04 Å². The summed E-state index contributed by atoms with van der Waals surface area (Å²) in [5.41, 5.74) is 1.14. The molecule has 5 nitrogen and oxygen atoms in total. The molecule has 1 unspecified atom stereocenters. The summed E-state index contributed by atoms with van der Waals surface area (Å²) < 4.78 is 4.22. The lowest BCUT2D eigenvalue weighted by molar-refractivity contribution is 0.456. The Hall–Kier alpha value is -1.62. The third-order valence-corrected chi connectivity index (χ3v) is 4.29. The van der Waals surface area contributed by atoms with Crippen molar-refractivity contribution in [3.05, 3.63) is 36.2 Å². The zero-order chi connectivity index (χ0) is 13.9. The lowest BCUT2D eigenvalue weighted by Crippen LogP contribution is -2.22. The third-order valence-electron chi connectivity index (χ3n) is 4.29. The molecule has 0 aliphatic heterocycles. The fraction of sp³-hybridized carbons (Fsp3) is 0.600. The Labute approximate surface area is 120 Å². The molecule has 0 bridgehead atoms. The number of aromatic nitrogens is 4. The summed E-state index contributed by atoms with van der Waals surface area (Å²) in [6, 6.07) is 2.97. The second-order valence-corrected chi connectivity index (χ2v) is 5.67. The van der Waals surface area contributed by atoms with Crippen molar-refractivity contribution in [1.82, 2.24) is 24.6 Å². The smallest absolute Gasteiger partial charge is 0.125 e. The zero-order valence-electron chi connectivity index (χ0n) is 12.3. The van der Waals surface area contributed by atoms with Crippen LogP contribution in [0.15, 0.2) is 24.7 Å². The minimum Gasteiger partial charge on any atom is -0.337 e. The highest BCUT2D eigenvalue weighted by atomic mass is 15.3. The summed E-state index contributed by atoms with van der Waals surface area (Å²) in [4.78, 5) is 4.43. The second-order valence-electron chi connectivity index (χ2n) is 5.67. The Morgan fingerprint density at radius 2 is 2.15 bits per heavy atom. The van der Waals surface area contributed by atoms with Gasteiger partial charge in [0.25, 0.3) is 0 Å². The molecular weight excluding hydrogens is 250 g/mol. The molecule has 0 spiro atoms. The quantitative estimate of drug-likeness (QED) is 0.909. The van der Waals surface area contributed by atoms with Crippen LogP contribution in [0.2, 0.25) is 0 Å². The number of hydrogen-bond donors (Lipinski definition) is 1. The lowest BCUT2D eigenvalue weighted by Gasteiger charge is -2.15. The number of aryl methyl sites for hydroxylation is 1. The molecule has 2 aromatic heterocycles. The normalized spacial score (nSPS) is 17.7. The topological polar surface area (TPSA) is 47.7 Å². The van der Waals surface area contributed by atoms with Crippen molar-refractivity contribution in [1.29, 1.82) is 0 Å². The van der Waals surface area contributed by atoms with E-state index < -0.39 is 0 Å². The standard InChI is InChI=1S/C15H23N5/c1-16-14(15-17-8-10-19(15)2)11-12-7-9-20(18-12)13-5-3-4-6-13/h7-10,13-14,16H,3-6,11H2,1-2H3. The number of hydrogen-bond acceptors (Lipinski definition) is 3. The van der Waals surface area contributed by atoms with E-state index >= 15 is 0 Å². The van der Waals surface area contributed by atoms with Gasteiger partial charge < -0.3 is 9.88 Å².